The maximum absolute atomic E-state index is 12.2. The van der Waals surface area contributed by atoms with E-state index < -0.39 is 10.5 Å². The number of carbonyl (C=O) groups excluding carboxylic acids is 2. The second-order valence-electron chi connectivity index (χ2n) is 6.19. The number of nitrogens with one attached hydrogen (secondary N) is 1. The molecule has 3 heterocycles. The Hall–Kier alpha value is -2.51. The van der Waals surface area contributed by atoms with Gasteiger partial charge in [0.2, 0.25) is 5.91 Å². The van der Waals surface area contributed by atoms with Gasteiger partial charge in [-0.1, -0.05) is 46.9 Å². The Morgan fingerprint density at radius 3 is 2.65 bits per heavy atom. The molecule has 1 N–H and O–H groups in total. The van der Waals surface area contributed by atoms with E-state index in [0.717, 1.165) is 24.3 Å². The predicted octanol–water partition coefficient (Wildman–Crippen LogP) is 2.37. The summed E-state index contributed by atoms with van der Waals surface area (Å²) in [6.45, 7) is 1.56. The van der Waals surface area contributed by atoms with Crippen molar-refractivity contribution in [2.75, 3.05) is 23.7 Å². The summed E-state index contributed by atoms with van der Waals surface area (Å²) in [5.41, 5.74) is 0.858. The molecule has 4 rings (SSSR count). The molecule has 0 aliphatic carbocycles. The molecule has 0 bridgehead atoms. The number of aromatic nitrogens is 1. The van der Waals surface area contributed by atoms with E-state index >= 15 is 0 Å². The number of benzene rings is 1. The zero-order valence-corrected chi connectivity index (χ0v) is 14.9. The minimum atomic E-state index is -0.882. The van der Waals surface area contributed by atoms with Crippen molar-refractivity contribution in [1.29, 1.82) is 0 Å². The van der Waals surface area contributed by atoms with E-state index in [9.17, 15) is 9.59 Å². The van der Waals surface area contributed by atoms with Gasteiger partial charge in [-0.2, -0.15) is 0 Å². The quantitative estimate of drug-likeness (QED) is 0.841. The average Bonchev–Trinajstić information content (AvgIpc) is 3.27. The van der Waals surface area contributed by atoms with Crippen LogP contribution in [0.15, 0.2) is 54.7 Å². The lowest BCUT2D eigenvalue weighted by atomic mass is 10.2. The van der Waals surface area contributed by atoms with Crippen LogP contribution in [-0.2, 0) is 9.53 Å². The van der Waals surface area contributed by atoms with Crippen molar-refractivity contribution < 1.29 is 14.3 Å². The molecule has 2 saturated heterocycles. The number of imide groups is 1. The van der Waals surface area contributed by atoms with E-state index in [-0.39, 0.29) is 23.0 Å². The van der Waals surface area contributed by atoms with Gasteiger partial charge in [0.25, 0.3) is 5.24 Å². The molecule has 2 aromatic rings. The highest BCUT2D eigenvalue weighted by molar-refractivity contribution is 8.29. The van der Waals surface area contributed by atoms with Gasteiger partial charge in [0.15, 0.2) is 0 Å². The van der Waals surface area contributed by atoms with Gasteiger partial charge in [-0.3, -0.25) is 14.9 Å². The number of nitrogens with zero attached hydrogens (tertiary/aromatic N) is 2. The summed E-state index contributed by atoms with van der Waals surface area (Å²) < 4.78 is 6.30. The Labute approximate surface area is 154 Å². The summed E-state index contributed by atoms with van der Waals surface area (Å²) >= 11 is 0. The first-order valence-corrected chi connectivity index (χ1v) is 9.90. The molecule has 0 saturated carbocycles. The van der Waals surface area contributed by atoms with Crippen LogP contribution in [0.25, 0.3) is 0 Å². The number of carbonyl (C=O) groups is 2. The van der Waals surface area contributed by atoms with Crippen LogP contribution in [0.5, 0.6) is 0 Å². The van der Waals surface area contributed by atoms with Gasteiger partial charge in [0, 0.05) is 24.8 Å². The SMILES string of the molecule is O=C1CS(=C(OC2CCN(c3ccccn3)C2)c2ccccc2)C(=O)N1. The van der Waals surface area contributed by atoms with Gasteiger partial charge in [-0.15, -0.1) is 0 Å². The second-order valence-corrected chi connectivity index (χ2v) is 8.00. The van der Waals surface area contributed by atoms with Gasteiger partial charge < -0.3 is 9.64 Å². The lowest BCUT2D eigenvalue weighted by molar-refractivity contribution is -0.117. The number of hydrogen-bond donors (Lipinski definition) is 1. The molecule has 7 heteroatoms. The molecular formula is C19H19N3O3S. The molecule has 0 spiro atoms. The van der Waals surface area contributed by atoms with E-state index in [1.54, 1.807) is 6.20 Å². The molecule has 0 radical (unpaired) electrons. The van der Waals surface area contributed by atoms with Crippen molar-refractivity contribution in [2.24, 2.45) is 0 Å². The molecule has 2 unspecified atom stereocenters. The largest absolute Gasteiger partial charge is 0.354 e. The highest BCUT2D eigenvalue weighted by Crippen LogP contribution is 2.28. The average molecular weight is 369 g/mol. The third-order valence-electron chi connectivity index (χ3n) is 4.37. The van der Waals surface area contributed by atoms with Crippen molar-refractivity contribution in [3.8, 4) is 0 Å². The summed E-state index contributed by atoms with van der Waals surface area (Å²) in [4.78, 5) is 30.4. The van der Waals surface area contributed by atoms with Gasteiger partial charge >= 0.3 is 0 Å². The molecule has 26 heavy (non-hydrogen) atoms. The van der Waals surface area contributed by atoms with E-state index in [4.69, 9.17) is 4.74 Å². The van der Waals surface area contributed by atoms with E-state index in [0.29, 0.717) is 11.6 Å². The lowest BCUT2D eigenvalue weighted by Gasteiger charge is -2.19. The standard InChI is InChI=1S/C19H19N3O3S/c23-17-13-26(19(24)21-17)18(14-6-2-1-3-7-14)25-15-9-11-22(12-15)16-8-4-5-10-20-16/h1-8,10,15H,9,11-13H2,(H,21,23,24). The summed E-state index contributed by atoms with van der Waals surface area (Å²) in [5.74, 6) is 0.854. The Kier molecular flexibility index (Phi) is 4.81. The van der Waals surface area contributed by atoms with Crippen LogP contribution < -0.4 is 10.2 Å². The maximum Gasteiger partial charge on any atom is 0.282 e. The number of ether oxygens (including phenoxy) is 1. The topological polar surface area (TPSA) is 71.5 Å². The second kappa shape index (κ2) is 7.39. The molecule has 2 amide bonds. The first-order chi connectivity index (χ1) is 12.7. The number of rotatable bonds is 3. The van der Waals surface area contributed by atoms with Crippen LogP contribution in [0.3, 0.4) is 0 Å². The fourth-order valence-corrected chi connectivity index (χ4v) is 4.80. The Balaban J connectivity index is 1.58. The number of anilines is 1. The Morgan fingerprint density at radius 1 is 1.15 bits per heavy atom. The van der Waals surface area contributed by atoms with Gasteiger partial charge in [-0.25, -0.2) is 4.98 Å². The van der Waals surface area contributed by atoms with Gasteiger partial charge in [0.05, 0.1) is 11.9 Å². The van der Waals surface area contributed by atoms with Crippen molar-refractivity contribution in [3.63, 3.8) is 0 Å². The molecule has 2 aliphatic rings. The molecule has 2 atom stereocenters. The van der Waals surface area contributed by atoms with E-state index in [2.05, 4.69) is 15.2 Å². The van der Waals surface area contributed by atoms with Crippen molar-refractivity contribution >= 4 is 32.5 Å². The molecular weight excluding hydrogens is 350 g/mol. The molecule has 2 aliphatic heterocycles. The Morgan fingerprint density at radius 2 is 1.96 bits per heavy atom. The van der Waals surface area contributed by atoms with Crippen LogP contribution >= 0.6 is 10.5 Å². The molecule has 2 fully saturated rings. The summed E-state index contributed by atoms with van der Waals surface area (Å²) in [6, 6.07) is 15.4. The monoisotopic (exact) mass is 369 g/mol. The highest BCUT2D eigenvalue weighted by atomic mass is 32.2. The van der Waals surface area contributed by atoms with Crippen LogP contribution in [0.4, 0.5) is 10.6 Å². The van der Waals surface area contributed by atoms with Crippen molar-refractivity contribution in [2.45, 2.75) is 12.5 Å². The first-order valence-electron chi connectivity index (χ1n) is 8.50. The number of hydrogen-bond acceptors (Lipinski definition) is 5. The third-order valence-corrected chi connectivity index (χ3v) is 6.25. The minimum Gasteiger partial charge on any atom is -0.354 e. The molecule has 1 aromatic carbocycles. The van der Waals surface area contributed by atoms with Crippen LogP contribution in [-0.4, -0.2) is 46.1 Å². The highest BCUT2D eigenvalue weighted by Gasteiger charge is 2.31. The van der Waals surface area contributed by atoms with Crippen LogP contribution in [0, 0.1) is 0 Å². The summed E-state index contributed by atoms with van der Waals surface area (Å²) in [5, 5.41) is 2.75. The zero-order chi connectivity index (χ0) is 17.9. The normalized spacial score (nSPS) is 23.2. The summed E-state index contributed by atoms with van der Waals surface area (Å²) in [7, 11) is -0.882. The van der Waals surface area contributed by atoms with Gasteiger partial charge in [0.1, 0.15) is 10.9 Å². The van der Waals surface area contributed by atoms with Crippen LogP contribution in [0.1, 0.15) is 12.0 Å². The number of pyridine rings is 1. The van der Waals surface area contributed by atoms with Gasteiger partial charge in [-0.05, 0) is 18.6 Å². The fraction of sp³-hybridized carbons (Fsp3) is 0.263. The minimum absolute atomic E-state index is 0.0387. The maximum atomic E-state index is 12.2. The molecule has 1 aromatic heterocycles. The van der Waals surface area contributed by atoms with Crippen LogP contribution in [0.2, 0.25) is 0 Å². The van der Waals surface area contributed by atoms with E-state index in [1.165, 1.54) is 0 Å². The summed E-state index contributed by atoms with van der Waals surface area (Å²) in [6.07, 6.45) is 2.59. The fourth-order valence-electron chi connectivity index (χ4n) is 3.13. The first kappa shape index (κ1) is 16.9. The zero-order valence-electron chi connectivity index (χ0n) is 14.1. The van der Waals surface area contributed by atoms with E-state index in [1.807, 2.05) is 48.5 Å². The lowest BCUT2D eigenvalue weighted by Crippen LogP contribution is -2.26. The van der Waals surface area contributed by atoms with Crippen molar-refractivity contribution in [1.82, 2.24) is 10.3 Å². The smallest absolute Gasteiger partial charge is 0.282 e. The predicted molar refractivity (Wildman–Crippen MR) is 102 cm³/mol. The Bertz CT molecular complexity index is 855. The third kappa shape index (κ3) is 3.54. The molecule has 134 valence electrons. The molecule has 6 nitrogen and oxygen atoms in total. The van der Waals surface area contributed by atoms with Crippen molar-refractivity contribution in [3.05, 3.63) is 60.3 Å². The number of amides is 2.